The number of hydrogen-bond acceptors (Lipinski definition) is 5. The Hall–Kier alpha value is -2.21. The molecule has 0 saturated heterocycles. The number of imide groups is 1. The number of amides is 2. The van der Waals surface area contributed by atoms with Crippen molar-refractivity contribution in [3.63, 3.8) is 0 Å². The summed E-state index contributed by atoms with van der Waals surface area (Å²) in [5.74, 6) is -0.0479. The fraction of sp³-hybridized carbons (Fsp3) is 0.250. The van der Waals surface area contributed by atoms with E-state index in [1.54, 1.807) is 19.3 Å². The molecule has 0 aromatic carbocycles. The highest BCUT2D eigenvalue weighted by Crippen LogP contribution is 2.23. The van der Waals surface area contributed by atoms with Gasteiger partial charge in [0.05, 0.1) is 0 Å². The average molecular weight is 247 g/mol. The summed E-state index contributed by atoms with van der Waals surface area (Å²) in [7, 11) is 1.61. The van der Waals surface area contributed by atoms with Crippen LogP contribution < -0.4 is 10.6 Å². The highest BCUT2D eigenvalue weighted by molar-refractivity contribution is 5.91. The van der Waals surface area contributed by atoms with E-state index in [1.807, 2.05) is 13.0 Å². The Kier molecular flexibility index (Phi) is 3.38. The number of nitrogens with one attached hydrogen (secondary N) is 2. The molecule has 2 aromatic rings. The number of aromatic nitrogens is 1. The Bertz CT molecular complexity index is 591. The molecular weight excluding hydrogens is 234 g/mol. The number of carbonyl (C=O) groups excluding carboxylic acids is 2. The van der Waals surface area contributed by atoms with Crippen LogP contribution in [0.4, 0.5) is 0 Å². The van der Waals surface area contributed by atoms with Gasteiger partial charge in [-0.3, -0.25) is 19.9 Å². The fourth-order valence-electron chi connectivity index (χ4n) is 1.72. The first-order valence-electron chi connectivity index (χ1n) is 5.43. The zero-order chi connectivity index (χ0) is 13.1. The van der Waals surface area contributed by atoms with Crippen LogP contribution in [0.15, 0.2) is 22.7 Å². The number of fused-ring (bicyclic) bond motifs is 1. The molecule has 2 rings (SSSR count). The van der Waals surface area contributed by atoms with Crippen LogP contribution in [0.3, 0.4) is 0 Å². The third-order valence-electron chi connectivity index (χ3n) is 2.56. The second-order valence-corrected chi connectivity index (χ2v) is 3.89. The molecule has 0 fully saturated rings. The standard InChI is InChI=1S/C12H13N3O3/c1-7-3-9-8(14-5-7)4-10(18-9)11(13-2)12(17)15-6-16/h3-6,11,13H,1-2H3,(H,15,16,17)/t11-/m0/s1. The second kappa shape index (κ2) is 4.97. The minimum absolute atomic E-state index is 0.345. The minimum atomic E-state index is -0.718. The predicted molar refractivity (Wildman–Crippen MR) is 64.8 cm³/mol. The van der Waals surface area contributed by atoms with E-state index in [1.165, 1.54) is 0 Å². The Morgan fingerprint density at radius 3 is 2.94 bits per heavy atom. The first kappa shape index (κ1) is 12.3. The van der Waals surface area contributed by atoms with Crippen LogP contribution in [0.5, 0.6) is 0 Å². The van der Waals surface area contributed by atoms with Gasteiger partial charge in [-0.1, -0.05) is 0 Å². The molecule has 6 nitrogen and oxygen atoms in total. The van der Waals surface area contributed by atoms with Crippen molar-refractivity contribution in [3.8, 4) is 0 Å². The van der Waals surface area contributed by atoms with Crippen LogP contribution in [0.2, 0.25) is 0 Å². The number of carbonyl (C=O) groups is 2. The van der Waals surface area contributed by atoms with Crippen LogP contribution in [-0.4, -0.2) is 24.3 Å². The number of likely N-dealkylation sites (N-methyl/N-ethyl adjacent to an activating group) is 1. The summed E-state index contributed by atoms with van der Waals surface area (Å²) >= 11 is 0. The van der Waals surface area contributed by atoms with Crippen LogP contribution in [0.1, 0.15) is 17.4 Å². The highest BCUT2D eigenvalue weighted by Gasteiger charge is 2.22. The maximum Gasteiger partial charge on any atom is 0.251 e. The van der Waals surface area contributed by atoms with Crippen LogP contribution >= 0.6 is 0 Å². The number of pyridine rings is 1. The molecule has 2 N–H and O–H groups in total. The van der Waals surface area contributed by atoms with Crippen molar-refractivity contribution in [1.82, 2.24) is 15.6 Å². The van der Waals surface area contributed by atoms with Gasteiger partial charge in [0.25, 0.3) is 5.91 Å². The summed E-state index contributed by atoms with van der Waals surface area (Å²) in [5.41, 5.74) is 2.26. The molecule has 0 bridgehead atoms. The van der Waals surface area contributed by atoms with E-state index >= 15 is 0 Å². The number of aryl methyl sites for hydroxylation is 1. The molecule has 0 spiro atoms. The SMILES string of the molecule is CN[C@H](C(=O)NC=O)c1cc2ncc(C)cc2o1. The molecule has 0 aliphatic heterocycles. The number of rotatable bonds is 4. The van der Waals surface area contributed by atoms with E-state index < -0.39 is 11.9 Å². The molecular formula is C12H13N3O3. The minimum Gasteiger partial charge on any atom is -0.457 e. The van der Waals surface area contributed by atoms with E-state index in [-0.39, 0.29) is 0 Å². The molecule has 6 heteroatoms. The van der Waals surface area contributed by atoms with Crippen LogP contribution in [-0.2, 0) is 9.59 Å². The second-order valence-electron chi connectivity index (χ2n) is 3.89. The van der Waals surface area contributed by atoms with E-state index in [4.69, 9.17) is 4.42 Å². The van der Waals surface area contributed by atoms with Gasteiger partial charge >= 0.3 is 0 Å². The molecule has 2 amide bonds. The monoisotopic (exact) mass is 247 g/mol. The van der Waals surface area contributed by atoms with Gasteiger partial charge in [0.2, 0.25) is 6.41 Å². The van der Waals surface area contributed by atoms with Crippen molar-refractivity contribution in [3.05, 3.63) is 29.7 Å². The molecule has 2 aromatic heterocycles. The molecule has 0 radical (unpaired) electrons. The predicted octanol–water partition coefficient (Wildman–Crippen LogP) is 0.669. The third kappa shape index (κ3) is 2.23. The Labute approximate surface area is 103 Å². The number of nitrogens with zero attached hydrogens (tertiary/aromatic N) is 1. The average Bonchev–Trinajstić information content (AvgIpc) is 2.72. The van der Waals surface area contributed by atoms with Crippen molar-refractivity contribution < 1.29 is 14.0 Å². The van der Waals surface area contributed by atoms with Gasteiger partial charge in [-0.15, -0.1) is 0 Å². The lowest BCUT2D eigenvalue weighted by atomic mass is 10.2. The van der Waals surface area contributed by atoms with Crippen molar-refractivity contribution >= 4 is 23.4 Å². The molecule has 0 saturated carbocycles. The molecule has 2 heterocycles. The van der Waals surface area contributed by atoms with E-state index in [2.05, 4.69) is 15.6 Å². The fourth-order valence-corrected chi connectivity index (χ4v) is 1.72. The highest BCUT2D eigenvalue weighted by atomic mass is 16.3. The van der Waals surface area contributed by atoms with E-state index in [9.17, 15) is 9.59 Å². The maximum atomic E-state index is 11.6. The topological polar surface area (TPSA) is 84.2 Å². The molecule has 18 heavy (non-hydrogen) atoms. The van der Waals surface area contributed by atoms with Crippen molar-refractivity contribution in [2.45, 2.75) is 13.0 Å². The van der Waals surface area contributed by atoms with Crippen molar-refractivity contribution in [2.75, 3.05) is 7.05 Å². The van der Waals surface area contributed by atoms with Gasteiger partial charge in [-0.05, 0) is 25.6 Å². The lowest BCUT2D eigenvalue weighted by Crippen LogP contribution is -2.34. The Balaban J connectivity index is 2.39. The summed E-state index contributed by atoms with van der Waals surface area (Å²) in [6.07, 6.45) is 2.07. The molecule has 0 unspecified atom stereocenters. The number of hydrogen-bond donors (Lipinski definition) is 2. The van der Waals surface area contributed by atoms with Gasteiger partial charge in [-0.2, -0.15) is 0 Å². The first-order chi connectivity index (χ1) is 8.65. The number of furan rings is 1. The summed E-state index contributed by atoms with van der Waals surface area (Å²) < 4.78 is 5.57. The van der Waals surface area contributed by atoms with Gasteiger partial charge in [0.15, 0.2) is 5.58 Å². The summed E-state index contributed by atoms with van der Waals surface area (Å²) in [5, 5.41) is 4.87. The van der Waals surface area contributed by atoms with Crippen molar-refractivity contribution in [1.29, 1.82) is 0 Å². The van der Waals surface area contributed by atoms with E-state index in [0.29, 0.717) is 23.3 Å². The van der Waals surface area contributed by atoms with Gasteiger partial charge in [-0.25, -0.2) is 0 Å². The first-order valence-corrected chi connectivity index (χ1v) is 5.43. The normalized spacial score (nSPS) is 12.3. The van der Waals surface area contributed by atoms with Crippen LogP contribution in [0.25, 0.3) is 11.1 Å². The summed E-state index contributed by atoms with van der Waals surface area (Å²) in [6, 6.07) is 2.81. The largest absolute Gasteiger partial charge is 0.457 e. The van der Waals surface area contributed by atoms with Crippen LogP contribution in [0, 0.1) is 6.92 Å². The lowest BCUT2D eigenvalue weighted by Gasteiger charge is -2.10. The Morgan fingerprint density at radius 1 is 1.50 bits per heavy atom. The van der Waals surface area contributed by atoms with Gasteiger partial charge in [0, 0.05) is 12.3 Å². The third-order valence-corrected chi connectivity index (χ3v) is 2.56. The van der Waals surface area contributed by atoms with E-state index in [0.717, 1.165) is 5.56 Å². The Morgan fingerprint density at radius 2 is 2.28 bits per heavy atom. The summed E-state index contributed by atoms with van der Waals surface area (Å²) in [6.45, 7) is 1.91. The molecule has 0 aliphatic carbocycles. The lowest BCUT2D eigenvalue weighted by molar-refractivity contribution is -0.127. The molecule has 0 aliphatic rings. The molecule has 1 atom stereocenters. The smallest absolute Gasteiger partial charge is 0.251 e. The zero-order valence-corrected chi connectivity index (χ0v) is 10.1. The zero-order valence-electron chi connectivity index (χ0n) is 10.1. The quantitative estimate of drug-likeness (QED) is 0.776. The summed E-state index contributed by atoms with van der Waals surface area (Å²) in [4.78, 5) is 26.1. The maximum absolute atomic E-state index is 11.6. The van der Waals surface area contributed by atoms with Gasteiger partial charge < -0.3 is 9.73 Å². The van der Waals surface area contributed by atoms with Crippen molar-refractivity contribution in [2.24, 2.45) is 0 Å². The molecule has 94 valence electrons. The van der Waals surface area contributed by atoms with Gasteiger partial charge in [0.1, 0.15) is 17.3 Å².